The van der Waals surface area contributed by atoms with Crippen LogP contribution < -0.4 is 10.1 Å². The summed E-state index contributed by atoms with van der Waals surface area (Å²) in [5, 5.41) is 26.2. The summed E-state index contributed by atoms with van der Waals surface area (Å²) in [5.41, 5.74) is 3.24. The van der Waals surface area contributed by atoms with E-state index in [0.717, 1.165) is 15.7 Å². The Morgan fingerprint density at radius 2 is 2.10 bits per heavy atom. The lowest BCUT2D eigenvalue weighted by Crippen LogP contribution is -1.99. The van der Waals surface area contributed by atoms with E-state index in [2.05, 4.69) is 32.3 Å². The molecule has 1 heterocycles. The van der Waals surface area contributed by atoms with E-state index < -0.39 is 4.92 Å². The minimum absolute atomic E-state index is 0.112. The van der Waals surface area contributed by atoms with Gasteiger partial charge in [0.25, 0.3) is 0 Å². The number of allylic oxidation sites excluding steroid dienone is 1. The molecule has 7 nitrogen and oxygen atoms in total. The van der Waals surface area contributed by atoms with Gasteiger partial charge in [0.15, 0.2) is 5.75 Å². The second-order valence-electron chi connectivity index (χ2n) is 5.96. The SMILES string of the molecule is COc1cc(N/C=C(\C#N)c2nc(-c3ccc(Br)cc3)cs2)c(C)cc1[N+](=O)[O-]. The molecule has 0 atom stereocenters. The summed E-state index contributed by atoms with van der Waals surface area (Å²) in [4.78, 5) is 15.2. The van der Waals surface area contributed by atoms with Crippen LogP contribution in [0.5, 0.6) is 5.75 Å². The van der Waals surface area contributed by atoms with Crippen LogP contribution in [0.3, 0.4) is 0 Å². The van der Waals surface area contributed by atoms with E-state index in [4.69, 9.17) is 4.74 Å². The number of aryl methyl sites for hydroxylation is 1. The van der Waals surface area contributed by atoms with Crippen molar-refractivity contribution in [2.75, 3.05) is 12.4 Å². The zero-order chi connectivity index (χ0) is 21.0. The number of nitriles is 1. The number of nitrogens with zero attached hydrogens (tertiary/aromatic N) is 3. The smallest absolute Gasteiger partial charge is 0.311 e. The second-order valence-corrected chi connectivity index (χ2v) is 7.73. The Morgan fingerprint density at radius 1 is 1.38 bits per heavy atom. The van der Waals surface area contributed by atoms with Crippen molar-refractivity contribution in [3.8, 4) is 23.1 Å². The standard InChI is InChI=1S/C20H15BrN4O3S/c1-12-7-18(25(26)27)19(28-2)8-16(12)23-10-14(9-22)20-24-17(11-29-20)13-3-5-15(21)6-4-13/h3-8,10-11,23H,1-2H3/b14-10+. The molecule has 0 aliphatic rings. The van der Waals surface area contributed by atoms with E-state index >= 15 is 0 Å². The average Bonchev–Trinajstić information content (AvgIpc) is 3.19. The van der Waals surface area contributed by atoms with Gasteiger partial charge in [-0.05, 0) is 24.6 Å². The number of methoxy groups -OCH3 is 1. The molecule has 3 rings (SSSR count). The Balaban J connectivity index is 1.87. The molecular formula is C20H15BrN4O3S. The van der Waals surface area contributed by atoms with Crippen LogP contribution in [0.15, 0.2) is 52.5 Å². The summed E-state index contributed by atoms with van der Waals surface area (Å²) in [5.74, 6) is 0.141. The highest BCUT2D eigenvalue weighted by molar-refractivity contribution is 9.10. The van der Waals surface area contributed by atoms with Crippen molar-refractivity contribution in [2.45, 2.75) is 6.92 Å². The van der Waals surface area contributed by atoms with Crippen LogP contribution in [0, 0.1) is 28.4 Å². The highest BCUT2D eigenvalue weighted by Crippen LogP contribution is 2.33. The van der Waals surface area contributed by atoms with Crippen LogP contribution in [-0.2, 0) is 0 Å². The summed E-state index contributed by atoms with van der Waals surface area (Å²) < 4.78 is 6.08. The predicted molar refractivity (Wildman–Crippen MR) is 117 cm³/mol. The molecule has 0 aliphatic carbocycles. The normalized spacial score (nSPS) is 11.0. The molecule has 0 radical (unpaired) electrons. The summed E-state index contributed by atoms with van der Waals surface area (Å²) in [6, 6.07) is 12.9. The molecule has 0 bridgehead atoms. The first kappa shape index (κ1) is 20.5. The van der Waals surface area contributed by atoms with Gasteiger partial charge in [-0.15, -0.1) is 11.3 Å². The average molecular weight is 471 g/mol. The molecule has 9 heteroatoms. The topological polar surface area (TPSA) is 101 Å². The molecule has 0 saturated carbocycles. The van der Waals surface area contributed by atoms with E-state index in [0.29, 0.717) is 21.8 Å². The number of thiazole rings is 1. The lowest BCUT2D eigenvalue weighted by Gasteiger charge is -2.09. The summed E-state index contributed by atoms with van der Waals surface area (Å²) >= 11 is 4.77. The molecule has 0 aliphatic heterocycles. The first-order valence-electron chi connectivity index (χ1n) is 8.34. The number of hydrogen-bond acceptors (Lipinski definition) is 7. The fourth-order valence-electron chi connectivity index (χ4n) is 2.58. The van der Waals surface area contributed by atoms with Crippen molar-refractivity contribution in [1.29, 1.82) is 5.26 Å². The fraction of sp³-hybridized carbons (Fsp3) is 0.100. The maximum absolute atomic E-state index is 11.1. The van der Waals surface area contributed by atoms with Crippen molar-refractivity contribution in [2.24, 2.45) is 0 Å². The van der Waals surface area contributed by atoms with Crippen LogP contribution in [-0.4, -0.2) is 17.0 Å². The number of benzene rings is 2. The Bertz CT molecular complexity index is 1130. The summed E-state index contributed by atoms with van der Waals surface area (Å²) in [6.07, 6.45) is 1.54. The molecule has 0 unspecified atom stereocenters. The van der Waals surface area contributed by atoms with Crippen LogP contribution in [0.1, 0.15) is 10.6 Å². The highest BCUT2D eigenvalue weighted by atomic mass is 79.9. The van der Waals surface area contributed by atoms with Crippen LogP contribution in [0.25, 0.3) is 16.8 Å². The Kier molecular flexibility index (Phi) is 6.26. The maximum atomic E-state index is 11.1. The lowest BCUT2D eigenvalue weighted by atomic mass is 10.1. The van der Waals surface area contributed by atoms with Gasteiger partial charge in [-0.25, -0.2) is 4.98 Å². The van der Waals surface area contributed by atoms with Gasteiger partial charge in [0, 0.05) is 39.4 Å². The molecule has 3 aromatic rings. The number of nitro groups is 1. The summed E-state index contributed by atoms with van der Waals surface area (Å²) in [6.45, 7) is 1.74. The van der Waals surface area contributed by atoms with Gasteiger partial charge in [0.05, 0.1) is 17.7 Å². The predicted octanol–water partition coefficient (Wildman–Crippen LogP) is 5.77. The first-order chi connectivity index (χ1) is 13.9. The van der Waals surface area contributed by atoms with Gasteiger partial charge in [-0.2, -0.15) is 5.26 Å². The number of aromatic nitrogens is 1. The zero-order valence-corrected chi connectivity index (χ0v) is 17.9. The number of rotatable bonds is 6. The van der Waals surface area contributed by atoms with Gasteiger partial charge in [-0.1, -0.05) is 28.1 Å². The second kappa shape index (κ2) is 8.86. The van der Waals surface area contributed by atoms with Crippen LogP contribution >= 0.6 is 27.3 Å². The first-order valence-corrected chi connectivity index (χ1v) is 10.0. The quantitative estimate of drug-likeness (QED) is 0.278. The molecule has 0 fully saturated rings. The van der Waals surface area contributed by atoms with Gasteiger partial charge in [0.2, 0.25) is 0 Å². The fourth-order valence-corrected chi connectivity index (χ4v) is 3.64. The Morgan fingerprint density at radius 3 is 2.72 bits per heavy atom. The van der Waals surface area contributed by atoms with E-state index in [1.807, 2.05) is 29.6 Å². The number of nitrogens with one attached hydrogen (secondary N) is 1. The van der Waals surface area contributed by atoms with E-state index in [1.165, 1.54) is 36.8 Å². The third kappa shape index (κ3) is 4.62. The van der Waals surface area contributed by atoms with Gasteiger partial charge in [0.1, 0.15) is 16.6 Å². The Labute approximate surface area is 179 Å². The van der Waals surface area contributed by atoms with Crippen LogP contribution in [0.2, 0.25) is 0 Å². The van der Waals surface area contributed by atoms with Crippen LogP contribution in [0.4, 0.5) is 11.4 Å². The third-order valence-electron chi connectivity index (χ3n) is 4.09. The molecule has 0 spiro atoms. The lowest BCUT2D eigenvalue weighted by molar-refractivity contribution is -0.385. The highest BCUT2D eigenvalue weighted by Gasteiger charge is 2.17. The Hall–Kier alpha value is -3.22. The number of nitro benzene ring substituents is 1. The third-order valence-corrected chi connectivity index (χ3v) is 5.49. The molecule has 146 valence electrons. The molecule has 0 amide bonds. The number of hydrogen-bond donors (Lipinski definition) is 1. The molecule has 0 saturated heterocycles. The van der Waals surface area contributed by atoms with Gasteiger partial charge >= 0.3 is 5.69 Å². The zero-order valence-electron chi connectivity index (χ0n) is 15.5. The molecule has 1 aromatic heterocycles. The molecule has 1 N–H and O–H groups in total. The summed E-state index contributed by atoms with van der Waals surface area (Å²) in [7, 11) is 1.37. The minimum atomic E-state index is -0.495. The van der Waals surface area contributed by atoms with Crippen molar-refractivity contribution in [3.05, 3.63) is 73.1 Å². The number of ether oxygens (including phenoxy) is 1. The molecule has 29 heavy (non-hydrogen) atoms. The van der Waals surface area contributed by atoms with E-state index in [-0.39, 0.29) is 11.4 Å². The van der Waals surface area contributed by atoms with Gasteiger partial charge in [-0.3, -0.25) is 10.1 Å². The van der Waals surface area contributed by atoms with Crippen molar-refractivity contribution in [3.63, 3.8) is 0 Å². The van der Waals surface area contributed by atoms with Crippen molar-refractivity contribution in [1.82, 2.24) is 4.98 Å². The monoisotopic (exact) mass is 470 g/mol. The maximum Gasteiger partial charge on any atom is 0.311 e. The van der Waals surface area contributed by atoms with Crippen molar-refractivity contribution >= 4 is 44.2 Å². The number of anilines is 1. The molecular weight excluding hydrogens is 456 g/mol. The largest absolute Gasteiger partial charge is 0.490 e. The molecule has 2 aromatic carbocycles. The van der Waals surface area contributed by atoms with E-state index in [9.17, 15) is 15.4 Å². The van der Waals surface area contributed by atoms with Gasteiger partial charge < -0.3 is 10.1 Å². The number of halogens is 1. The minimum Gasteiger partial charge on any atom is -0.490 e. The van der Waals surface area contributed by atoms with E-state index in [1.54, 1.807) is 6.92 Å². The van der Waals surface area contributed by atoms with Crippen molar-refractivity contribution < 1.29 is 9.66 Å².